The molecular weight excluding hydrogens is 318 g/mol. The zero-order valence-corrected chi connectivity index (χ0v) is 14.2. The maximum atomic E-state index is 12.3. The van der Waals surface area contributed by atoms with Crippen molar-refractivity contribution < 1.29 is 9.59 Å². The molecular formula is C18H21N5O2. The van der Waals surface area contributed by atoms with Crippen LogP contribution in [0, 0.1) is 5.92 Å². The van der Waals surface area contributed by atoms with E-state index in [0.29, 0.717) is 23.8 Å². The molecule has 7 heteroatoms. The van der Waals surface area contributed by atoms with Gasteiger partial charge in [0.15, 0.2) is 0 Å². The summed E-state index contributed by atoms with van der Waals surface area (Å²) in [4.78, 5) is 33.0. The summed E-state index contributed by atoms with van der Waals surface area (Å²) >= 11 is 0. The van der Waals surface area contributed by atoms with E-state index < -0.39 is 0 Å². The van der Waals surface area contributed by atoms with Gasteiger partial charge in [-0.1, -0.05) is 12.8 Å². The van der Waals surface area contributed by atoms with Gasteiger partial charge >= 0.3 is 0 Å². The van der Waals surface area contributed by atoms with Crippen LogP contribution in [0.1, 0.15) is 41.7 Å². The molecule has 2 N–H and O–H groups in total. The Morgan fingerprint density at radius 1 is 1.36 bits per heavy atom. The Balaban J connectivity index is 1.61. The molecule has 0 radical (unpaired) electrons. The van der Waals surface area contributed by atoms with E-state index in [1.807, 2.05) is 17.7 Å². The summed E-state index contributed by atoms with van der Waals surface area (Å²) in [6.07, 6.45) is 6.52. The van der Waals surface area contributed by atoms with Crippen molar-refractivity contribution in [2.24, 2.45) is 13.0 Å². The van der Waals surface area contributed by atoms with Crippen molar-refractivity contribution in [2.45, 2.75) is 32.1 Å². The standard InChI is InChI=1S/C18H21N5O2/c1-23-14-7-9-19-17(25)12(14)10-15(23)13-6-8-20-18(21-13)22-16(24)11-4-2-3-5-11/h6,8,10-11H,2-5,7,9H2,1H3,(H,19,25)(H,20,21,22,24). The number of hydrogen-bond acceptors (Lipinski definition) is 4. The summed E-state index contributed by atoms with van der Waals surface area (Å²) < 4.78 is 2.00. The summed E-state index contributed by atoms with van der Waals surface area (Å²) in [5, 5.41) is 5.69. The molecule has 0 aromatic carbocycles. The second-order valence-corrected chi connectivity index (χ2v) is 6.69. The van der Waals surface area contributed by atoms with Crippen LogP contribution in [0.15, 0.2) is 18.3 Å². The average Bonchev–Trinajstić information content (AvgIpc) is 3.25. The van der Waals surface area contributed by atoms with E-state index in [0.717, 1.165) is 43.5 Å². The van der Waals surface area contributed by atoms with E-state index in [1.165, 1.54) is 0 Å². The van der Waals surface area contributed by atoms with Crippen LogP contribution in [0.2, 0.25) is 0 Å². The average molecular weight is 339 g/mol. The Bertz CT molecular complexity index is 836. The fraction of sp³-hybridized carbons (Fsp3) is 0.444. The first-order valence-corrected chi connectivity index (χ1v) is 8.74. The molecule has 2 aliphatic rings. The smallest absolute Gasteiger partial charge is 0.253 e. The lowest BCUT2D eigenvalue weighted by Crippen LogP contribution is -2.31. The number of amides is 2. The first-order chi connectivity index (χ1) is 12.1. The molecule has 0 atom stereocenters. The minimum absolute atomic E-state index is 0.000188. The fourth-order valence-electron chi connectivity index (χ4n) is 3.74. The van der Waals surface area contributed by atoms with Crippen LogP contribution in [0.4, 0.5) is 5.95 Å². The highest BCUT2D eigenvalue weighted by atomic mass is 16.2. The summed E-state index contributed by atoms with van der Waals surface area (Å²) in [5.74, 6) is 0.337. The number of rotatable bonds is 3. The first-order valence-electron chi connectivity index (χ1n) is 8.74. The minimum atomic E-state index is -0.0492. The van der Waals surface area contributed by atoms with Gasteiger partial charge in [-0.15, -0.1) is 0 Å². The van der Waals surface area contributed by atoms with E-state index in [4.69, 9.17) is 0 Å². The SMILES string of the molecule is Cn1c(-c2ccnc(NC(=O)C3CCCC3)n2)cc2c1CCNC2=O. The molecule has 1 fully saturated rings. The van der Waals surface area contributed by atoms with Crippen molar-refractivity contribution in [2.75, 3.05) is 11.9 Å². The van der Waals surface area contributed by atoms with Crippen LogP contribution in [0.3, 0.4) is 0 Å². The van der Waals surface area contributed by atoms with Gasteiger partial charge in [-0.3, -0.25) is 14.9 Å². The number of nitrogens with one attached hydrogen (secondary N) is 2. The first kappa shape index (κ1) is 15.8. The largest absolute Gasteiger partial charge is 0.352 e. The van der Waals surface area contributed by atoms with E-state index >= 15 is 0 Å². The number of carbonyl (C=O) groups excluding carboxylic acids is 2. The summed E-state index contributed by atoms with van der Waals surface area (Å²) in [5.41, 5.74) is 3.25. The number of hydrogen-bond donors (Lipinski definition) is 2. The number of nitrogens with zero attached hydrogens (tertiary/aromatic N) is 3. The van der Waals surface area contributed by atoms with Gasteiger partial charge in [0.2, 0.25) is 11.9 Å². The second-order valence-electron chi connectivity index (χ2n) is 6.69. The topological polar surface area (TPSA) is 88.9 Å². The number of fused-ring (bicyclic) bond motifs is 1. The molecule has 1 aliphatic heterocycles. The van der Waals surface area contributed by atoms with Crippen molar-refractivity contribution >= 4 is 17.8 Å². The zero-order valence-electron chi connectivity index (χ0n) is 14.2. The van der Waals surface area contributed by atoms with Crippen LogP contribution >= 0.6 is 0 Å². The molecule has 2 amide bonds. The second kappa shape index (κ2) is 6.31. The Kier molecular flexibility index (Phi) is 3.99. The number of aromatic nitrogens is 3. The van der Waals surface area contributed by atoms with Crippen LogP contribution in [-0.2, 0) is 18.3 Å². The van der Waals surface area contributed by atoms with Crippen LogP contribution in [0.25, 0.3) is 11.4 Å². The maximum absolute atomic E-state index is 12.3. The Hall–Kier alpha value is -2.70. The highest BCUT2D eigenvalue weighted by Crippen LogP contribution is 2.27. The molecule has 3 heterocycles. The number of carbonyl (C=O) groups is 2. The molecule has 0 unspecified atom stereocenters. The predicted octanol–water partition coefficient (Wildman–Crippen LogP) is 1.90. The van der Waals surface area contributed by atoms with Gasteiger partial charge in [-0.2, -0.15) is 0 Å². The normalized spacial score (nSPS) is 17.2. The van der Waals surface area contributed by atoms with Gasteiger partial charge in [0, 0.05) is 37.8 Å². The van der Waals surface area contributed by atoms with Gasteiger partial charge in [0.25, 0.3) is 5.91 Å². The lowest BCUT2D eigenvalue weighted by molar-refractivity contribution is -0.119. The van der Waals surface area contributed by atoms with Crippen LogP contribution in [-0.4, -0.2) is 32.9 Å². The highest BCUT2D eigenvalue weighted by molar-refractivity contribution is 5.98. The molecule has 2 aromatic rings. The third-order valence-corrected chi connectivity index (χ3v) is 5.13. The van der Waals surface area contributed by atoms with Crippen molar-refractivity contribution in [1.29, 1.82) is 0 Å². The van der Waals surface area contributed by atoms with E-state index in [2.05, 4.69) is 20.6 Å². The van der Waals surface area contributed by atoms with E-state index in [9.17, 15) is 9.59 Å². The summed E-state index contributed by atoms with van der Waals surface area (Å²) in [6.45, 7) is 0.648. The molecule has 2 aromatic heterocycles. The van der Waals surface area contributed by atoms with E-state index in [-0.39, 0.29) is 17.7 Å². The highest BCUT2D eigenvalue weighted by Gasteiger charge is 2.25. The lowest BCUT2D eigenvalue weighted by atomic mass is 10.1. The van der Waals surface area contributed by atoms with Crippen molar-refractivity contribution in [3.8, 4) is 11.4 Å². The lowest BCUT2D eigenvalue weighted by Gasteiger charge is -2.14. The molecule has 25 heavy (non-hydrogen) atoms. The van der Waals surface area contributed by atoms with Gasteiger partial charge in [0.1, 0.15) is 0 Å². The Morgan fingerprint density at radius 2 is 2.16 bits per heavy atom. The third kappa shape index (κ3) is 2.90. The summed E-state index contributed by atoms with van der Waals surface area (Å²) in [6, 6.07) is 3.65. The molecule has 130 valence electrons. The monoisotopic (exact) mass is 339 g/mol. The number of anilines is 1. The molecule has 0 bridgehead atoms. The van der Waals surface area contributed by atoms with Gasteiger partial charge in [-0.05, 0) is 25.0 Å². The molecule has 1 saturated carbocycles. The van der Waals surface area contributed by atoms with Gasteiger partial charge in [-0.25, -0.2) is 9.97 Å². The van der Waals surface area contributed by atoms with E-state index in [1.54, 1.807) is 12.3 Å². The summed E-state index contributed by atoms with van der Waals surface area (Å²) in [7, 11) is 1.94. The molecule has 0 saturated heterocycles. The minimum Gasteiger partial charge on any atom is -0.352 e. The predicted molar refractivity (Wildman–Crippen MR) is 93.1 cm³/mol. The Labute approximate surface area is 145 Å². The molecule has 1 aliphatic carbocycles. The van der Waals surface area contributed by atoms with Crippen molar-refractivity contribution in [3.63, 3.8) is 0 Å². The van der Waals surface area contributed by atoms with Crippen molar-refractivity contribution in [3.05, 3.63) is 29.6 Å². The molecule has 4 rings (SSSR count). The van der Waals surface area contributed by atoms with Crippen LogP contribution < -0.4 is 10.6 Å². The van der Waals surface area contributed by atoms with Crippen molar-refractivity contribution in [1.82, 2.24) is 19.9 Å². The third-order valence-electron chi connectivity index (χ3n) is 5.13. The van der Waals surface area contributed by atoms with Gasteiger partial charge in [0.05, 0.1) is 17.0 Å². The Morgan fingerprint density at radius 3 is 2.92 bits per heavy atom. The van der Waals surface area contributed by atoms with Gasteiger partial charge < -0.3 is 9.88 Å². The fourth-order valence-corrected chi connectivity index (χ4v) is 3.74. The molecule has 7 nitrogen and oxygen atoms in total. The molecule has 0 spiro atoms. The maximum Gasteiger partial charge on any atom is 0.253 e. The quantitative estimate of drug-likeness (QED) is 0.894. The zero-order chi connectivity index (χ0) is 17.4. The van der Waals surface area contributed by atoms with Crippen LogP contribution in [0.5, 0.6) is 0 Å².